The van der Waals surface area contributed by atoms with E-state index in [1.807, 2.05) is 0 Å². The fourth-order valence-electron chi connectivity index (χ4n) is 2.06. The van der Waals surface area contributed by atoms with Crippen LogP contribution < -0.4 is 5.32 Å². The molecular weight excluding hydrogens is 238 g/mol. The molecule has 1 heterocycles. The summed E-state index contributed by atoms with van der Waals surface area (Å²) < 4.78 is 5.56. The highest BCUT2D eigenvalue weighted by Crippen LogP contribution is 2.27. The highest BCUT2D eigenvalue weighted by molar-refractivity contribution is 6.30. The second-order valence-corrected chi connectivity index (χ2v) is 5.24. The molecule has 0 saturated carbocycles. The monoisotopic (exact) mass is 255 g/mol. The fourth-order valence-corrected chi connectivity index (χ4v) is 2.25. The Labute approximate surface area is 107 Å². The van der Waals surface area contributed by atoms with Crippen LogP contribution >= 0.6 is 11.6 Å². The number of phenols is 1. The number of hydrogen-bond acceptors (Lipinski definition) is 3. The van der Waals surface area contributed by atoms with Crippen LogP contribution in [0.25, 0.3) is 0 Å². The third kappa shape index (κ3) is 2.73. The Morgan fingerprint density at radius 2 is 2.35 bits per heavy atom. The zero-order valence-corrected chi connectivity index (χ0v) is 10.9. The molecule has 2 unspecified atom stereocenters. The molecule has 1 aliphatic heterocycles. The smallest absolute Gasteiger partial charge is 0.120 e. The van der Waals surface area contributed by atoms with Crippen LogP contribution in [0.4, 0.5) is 0 Å². The zero-order valence-electron chi connectivity index (χ0n) is 10.2. The van der Waals surface area contributed by atoms with E-state index >= 15 is 0 Å². The molecule has 1 aliphatic rings. The molecule has 2 rings (SSSR count). The minimum atomic E-state index is -0.0330. The lowest BCUT2D eigenvalue weighted by molar-refractivity contribution is 0.0880. The summed E-state index contributed by atoms with van der Waals surface area (Å²) in [6.07, 6.45) is 1.17. The van der Waals surface area contributed by atoms with Crippen molar-refractivity contribution < 1.29 is 9.84 Å². The van der Waals surface area contributed by atoms with Gasteiger partial charge in [0.1, 0.15) is 5.75 Å². The molecule has 17 heavy (non-hydrogen) atoms. The molecule has 1 fully saturated rings. The molecule has 1 saturated heterocycles. The van der Waals surface area contributed by atoms with Gasteiger partial charge in [0.15, 0.2) is 0 Å². The minimum Gasteiger partial charge on any atom is -0.508 e. The van der Waals surface area contributed by atoms with Crippen molar-refractivity contribution in [1.82, 2.24) is 5.32 Å². The molecule has 2 N–H and O–H groups in total. The van der Waals surface area contributed by atoms with Crippen molar-refractivity contribution in [2.45, 2.75) is 38.5 Å². The molecule has 1 aromatic rings. The normalized spacial score (nSPS) is 28.5. The van der Waals surface area contributed by atoms with Crippen LogP contribution in [0.5, 0.6) is 5.75 Å². The van der Waals surface area contributed by atoms with E-state index in [2.05, 4.69) is 19.2 Å². The molecule has 0 aromatic heterocycles. The standard InChI is InChI=1S/C13H18ClNO2/c1-9-13(2,5-6-17-9)15-8-10-7-11(14)3-4-12(10)16/h3-4,7,9,15-16H,5-6,8H2,1-2H3. The maximum absolute atomic E-state index is 9.73. The number of rotatable bonds is 3. The van der Waals surface area contributed by atoms with Crippen LogP contribution in [0.15, 0.2) is 18.2 Å². The van der Waals surface area contributed by atoms with Crippen molar-refractivity contribution in [3.05, 3.63) is 28.8 Å². The molecule has 94 valence electrons. The largest absolute Gasteiger partial charge is 0.508 e. The Kier molecular flexibility index (Phi) is 3.61. The van der Waals surface area contributed by atoms with Gasteiger partial charge in [-0.1, -0.05) is 11.6 Å². The molecular formula is C13H18ClNO2. The Morgan fingerprint density at radius 1 is 1.59 bits per heavy atom. The number of ether oxygens (including phenoxy) is 1. The number of phenolic OH excluding ortho intramolecular Hbond substituents is 1. The van der Waals surface area contributed by atoms with E-state index in [0.29, 0.717) is 11.6 Å². The lowest BCUT2D eigenvalue weighted by Crippen LogP contribution is -2.47. The second kappa shape index (κ2) is 4.84. The first kappa shape index (κ1) is 12.7. The number of nitrogens with one attached hydrogen (secondary N) is 1. The minimum absolute atomic E-state index is 0.0330. The lowest BCUT2D eigenvalue weighted by atomic mass is 9.94. The molecule has 1 aromatic carbocycles. The number of benzene rings is 1. The van der Waals surface area contributed by atoms with Crippen LogP contribution in [0.2, 0.25) is 5.02 Å². The van der Waals surface area contributed by atoms with Gasteiger partial charge in [-0.15, -0.1) is 0 Å². The van der Waals surface area contributed by atoms with Crippen molar-refractivity contribution >= 4 is 11.6 Å². The van der Waals surface area contributed by atoms with Crippen molar-refractivity contribution in [1.29, 1.82) is 0 Å². The van der Waals surface area contributed by atoms with E-state index < -0.39 is 0 Å². The van der Waals surface area contributed by atoms with E-state index in [-0.39, 0.29) is 17.4 Å². The Bertz CT molecular complexity index is 410. The molecule has 3 nitrogen and oxygen atoms in total. The molecule has 4 heteroatoms. The summed E-state index contributed by atoms with van der Waals surface area (Å²) in [7, 11) is 0. The highest BCUT2D eigenvalue weighted by atomic mass is 35.5. The maximum atomic E-state index is 9.73. The summed E-state index contributed by atoms with van der Waals surface area (Å²) >= 11 is 5.91. The van der Waals surface area contributed by atoms with Gasteiger partial charge in [0, 0.05) is 29.3 Å². The van der Waals surface area contributed by atoms with Crippen molar-refractivity contribution in [3.63, 3.8) is 0 Å². The van der Waals surface area contributed by atoms with Crippen LogP contribution in [-0.4, -0.2) is 23.4 Å². The van der Waals surface area contributed by atoms with Gasteiger partial charge in [-0.25, -0.2) is 0 Å². The van der Waals surface area contributed by atoms with Gasteiger partial charge in [0.05, 0.1) is 6.10 Å². The van der Waals surface area contributed by atoms with Gasteiger partial charge >= 0.3 is 0 Å². The molecule has 0 spiro atoms. The van der Waals surface area contributed by atoms with Gasteiger partial charge in [-0.05, 0) is 38.5 Å². The molecule has 0 bridgehead atoms. The summed E-state index contributed by atoms with van der Waals surface area (Å²) in [5.74, 6) is 0.275. The Balaban J connectivity index is 2.04. The van der Waals surface area contributed by atoms with Crippen LogP contribution in [0, 0.1) is 0 Å². The third-order valence-electron chi connectivity index (χ3n) is 3.61. The number of halogens is 1. The number of aromatic hydroxyl groups is 1. The van der Waals surface area contributed by atoms with Gasteiger partial charge in [-0.3, -0.25) is 0 Å². The summed E-state index contributed by atoms with van der Waals surface area (Å²) in [5.41, 5.74) is 0.784. The predicted octanol–water partition coefficient (Wildman–Crippen LogP) is 2.70. The van der Waals surface area contributed by atoms with Gasteiger partial charge in [-0.2, -0.15) is 0 Å². The Hall–Kier alpha value is -0.770. The summed E-state index contributed by atoms with van der Waals surface area (Å²) in [4.78, 5) is 0. The molecule has 0 aliphatic carbocycles. The average Bonchev–Trinajstić information content (AvgIpc) is 2.61. The van der Waals surface area contributed by atoms with Gasteiger partial charge < -0.3 is 15.2 Å². The number of hydrogen-bond donors (Lipinski definition) is 2. The van der Waals surface area contributed by atoms with E-state index in [0.717, 1.165) is 18.6 Å². The van der Waals surface area contributed by atoms with Crippen molar-refractivity contribution in [2.24, 2.45) is 0 Å². The average molecular weight is 256 g/mol. The predicted molar refractivity (Wildman–Crippen MR) is 68.4 cm³/mol. The molecule has 2 atom stereocenters. The molecule has 0 amide bonds. The van der Waals surface area contributed by atoms with Gasteiger partial charge in [0.25, 0.3) is 0 Å². The van der Waals surface area contributed by atoms with Crippen LogP contribution in [0.3, 0.4) is 0 Å². The molecule has 0 radical (unpaired) electrons. The summed E-state index contributed by atoms with van der Waals surface area (Å²) in [6.45, 7) is 5.59. The Morgan fingerprint density at radius 3 is 3.00 bits per heavy atom. The first-order valence-electron chi connectivity index (χ1n) is 5.85. The summed E-state index contributed by atoms with van der Waals surface area (Å²) in [6, 6.07) is 5.09. The van der Waals surface area contributed by atoms with E-state index in [1.54, 1.807) is 18.2 Å². The van der Waals surface area contributed by atoms with Crippen LogP contribution in [0.1, 0.15) is 25.8 Å². The quantitative estimate of drug-likeness (QED) is 0.873. The fraction of sp³-hybridized carbons (Fsp3) is 0.538. The highest BCUT2D eigenvalue weighted by Gasteiger charge is 2.36. The SMILES string of the molecule is CC1OCCC1(C)NCc1cc(Cl)ccc1O. The third-order valence-corrected chi connectivity index (χ3v) is 3.85. The van der Waals surface area contributed by atoms with E-state index in [1.165, 1.54) is 0 Å². The second-order valence-electron chi connectivity index (χ2n) is 4.81. The van der Waals surface area contributed by atoms with E-state index in [9.17, 15) is 5.11 Å². The first-order chi connectivity index (χ1) is 8.01. The van der Waals surface area contributed by atoms with Crippen LogP contribution in [-0.2, 0) is 11.3 Å². The maximum Gasteiger partial charge on any atom is 0.120 e. The topological polar surface area (TPSA) is 41.5 Å². The lowest BCUT2D eigenvalue weighted by Gasteiger charge is -2.29. The summed E-state index contributed by atoms with van der Waals surface area (Å²) in [5, 5.41) is 13.8. The van der Waals surface area contributed by atoms with Gasteiger partial charge in [0.2, 0.25) is 0 Å². The van der Waals surface area contributed by atoms with Crippen molar-refractivity contribution in [3.8, 4) is 5.75 Å². The van der Waals surface area contributed by atoms with Crippen molar-refractivity contribution in [2.75, 3.05) is 6.61 Å². The first-order valence-corrected chi connectivity index (χ1v) is 6.23. The zero-order chi connectivity index (χ0) is 12.5. The van der Waals surface area contributed by atoms with E-state index in [4.69, 9.17) is 16.3 Å².